The summed E-state index contributed by atoms with van der Waals surface area (Å²) in [5.41, 5.74) is 1.65. The van der Waals surface area contributed by atoms with Crippen LogP contribution in [0.1, 0.15) is 42.6 Å². The standard InChI is InChI=1S/C15H22BrN3O/c1-18(2)9-10-19-14(13(16)11-17-19)15(20)12-7-5-3-4-6-8-12/h7,11H,3-6,8-10H2,1-2H3. The molecular weight excluding hydrogens is 318 g/mol. The van der Waals surface area contributed by atoms with Gasteiger partial charge in [-0.05, 0) is 61.3 Å². The Labute approximate surface area is 129 Å². The van der Waals surface area contributed by atoms with Gasteiger partial charge in [0.15, 0.2) is 0 Å². The summed E-state index contributed by atoms with van der Waals surface area (Å²) in [5.74, 6) is 0.134. The smallest absolute Gasteiger partial charge is 0.207 e. The molecule has 0 aliphatic heterocycles. The Kier molecular flexibility index (Phi) is 5.54. The van der Waals surface area contributed by atoms with Crippen molar-refractivity contribution in [2.45, 2.75) is 38.6 Å². The van der Waals surface area contributed by atoms with Crippen molar-refractivity contribution in [1.82, 2.24) is 14.7 Å². The summed E-state index contributed by atoms with van der Waals surface area (Å²) in [4.78, 5) is 14.8. The fraction of sp³-hybridized carbons (Fsp3) is 0.600. The zero-order valence-electron chi connectivity index (χ0n) is 12.2. The van der Waals surface area contributed by atoms with Gasteiger partial charge in [0.05, 0.1) is 17.2 Å². The second-order valence-corrected chi connectivity index (χ2v) is 6.38. The molecule has 110 valence electrons. The molecule has 0 bridgehead atoms. The maximum atomic E-state index is 12.7. The fourth-order valence-electron chi connectivity index (χ4n) is 2.43. The molecule has 1 heterocycles. The number of hydrogen-bond acceptors (Lipinski definition) is 3. The molecule has 0 saturated carbocycles. The predicted octanol–water partition coefficient (Wildman–Crippen LogP) is 3.28. The van der Waals surface area contributed by atoms with E-state index >= 15 is 0 Å². The quantitative estimate of drug-likeness (QED) is 0.772. The topological polar surface area (TPSA) is 38.1 Å². The van der Waals surface area contributed by atoms with Crippen molar-refractivity contribution < 1.29 is 4.79 Å². The molecule has 0 aromatic carbocycles. The van der Waals surface area contributed by atoms with Gasteiger partial charge in [0, 0.05) is 6.54 Å². The van der Waals surface area contributed by atoms with Gasteiger partial charge < -0.3 is 4.90 Å². The van der Waals surface area contributed by atoms with Crippen molar-refractivity contribution in [3.05, 3.63) is 28.0 Å². The number of hydrogen-bond donors (Lipinski definition) is 0. The monoisotopic (exact) mass is 339 g/mol. The highest BCUT2D eigenvalue weighted by atomic mass is 79.9. The molecule has 0 N–H and O–H groups in total. The van der Waals surface area contributed by atoms with E-state index in [4.69, 9.17) is 0 Å². The van der Waals surface area contributed by atoms with Gasteiger partial charge in [0.2, 0.25) is 5.78 Å². The molecule has 1 aliphatic carbocycles. The van der Waals surface area contributed by atoms with E-state index in [2.05, 4.69) is 32.0 Å². The average molecular weight is 340 g/mol. The van der Waals surface area contributed by atoms with Gasteiger partial charge in [-0.3, -0.25) is 9.48 Å². The van der Waals surface area contributed by atoms with Gasteiger partial charge in [-0.2, -0.15) is 5.10 Å². The van der Waals surface area contributed by atoms with E-state index in [1.807, 2.05) is 18.8 Å². The van der Waals surface area contributed by atoms with Gasteiger partial charge in [0.25, 0.3) is 0 Å². The van der Waals surface area contributed by atoms with Crippen LogP contribution in [0.25, 0.3) is 0 Å². The summed E-state index contributed by atoms with van der Waals surface area (Å²) in [5, 5.41) is 4.32. The van der Waals surface area contributed by atoms with Crippen molar-refractivity contribution in [2.75, 3.05) is 20.6 Å². The largest absolute Gasteiger partial charge is 0.308 e. The Morgan fingerprint density at radius 3 is 2.95 bits per heavy atom. The Morgan fingerprint density at radius 2 is 2.20 bits per heavy atom. The molecule has 1 aliphatic rings. The summed E-state index contributed by atoms with van der Waals surface area (Å²) in [7, 11) is 4.04. The first-order valence-electron chi connectivity index (χ1n) is 7.19. The molecule has 0 spiro atoms. The summed E-state index contributed by atoms with van der Waals surface area (Å²) >= 11 is 3.47. The third kappa shape index (κ3) is 3.79. The lowest BCUT2D eigenvalue weighted by atomic mass is 10.0. The highest BCUT2D eigenvalue weighted by Crippen LogP contribution is 2.25. The van der Waals surface area contributed by atoms with E-state index < -0.39 is 0 Å². The van der Waals surface area contributed by atoms with Crippen molar-refractivity contribution in [3.8, 4) is 0 Å². The van der Waals surface area contributed by atoms with Crippen molar-refractivity contribution in [1.29, 1.82) is 0 Å². The lowest BCUT2D eigenvalue weighted by Crippen LogP contribution is -2.22. The normalized spacial score (nSPS) is 16.1. The van der Waals surface area contributed by atoms with Crippen LogP contribution in [0.3, 0.4) is 0 Å². The molecule has 0 saturated heterocycles. The minimum Gasteiger partial charge on any atom is -0.308 e. The third-order valence-electron chi connectivity index (χ3n) is 3.60. The minimum atomic E-state index is 0.134. The van der Waals surface area contributed by atoms with Crippen LogP contribution in [-0.4, -0.2) is 41.1 Å². The average Bonchev–Trinajstić information content (AvgIpc) is 2.64. The molecule has 0 amide bonds. The maximum absolute atomic E-state index is 12.7. The Hall–Kier alpha value is -0.940. The van der Waals surface area contributed by atoms with E-state index in [0.29, 0.717) is 5.69 Å². The van der Waals surface area contributed by atoms with Crippen LogP contribution >= 0.6 is 15.9 Å². The van der Waals surface area contributed by atoms with Crippen molar-refractivity contribution >= 4 is 21.7 Å². The SMILES string of the molecule is CN(C)CCn1ncc(Br)c1C(=O)C1=CCCCCC1. The molecular formula is C15H22BrN3O. The number of carbonyl (C=O) groups excluding carboxylic acids is 1. The Bertz CT molecular complexity index is 505. The molecule has 0 atom stereocenters. The Balaban J connectivity index is 2.20. The minimum absolute atomic E-state index is 0.134. The maximum Gasteiger partial charge on any atom is 0.207 e. The summed E-state index contributed by atoms with van der Waals surface area (Å²) in [6, 6.07) is 0. The first-order chi connectivity index (χ1) is 9.59. The summed E-state index contributed by atoms with van der Waals surface area (Å²) in [6.45, 7) is 1.60. The summed E-state index contributed by atoms with van der Waals surface area (Å²) in [6.07, 6.45) is 9.27. The van der Waals surface area contributed by atoms with Gasteiger partial charge in [-0.15, -0.1) is 0 Å². The first kappa shape index (κ1) is 15.4. The number of ketones is 1. The molecule has 1 aromatic rings. The number of likely N-dealkylation sites (N-methyl/N-ethyl adjacent to an activating group) is 1. The van der Waals surface area contributed by atoms with Crippen LogP contribution in [0.2, 0.25) is 0 Å². The second kappa shape index (κ2) is 7.18. The fourth-order valence-corrected chi connectivity index (χ4v) is 2.90. The predicted molar refractivity (Wildman–Crippen MR) is 84.0 cm³/mol. The van der Waals surface area contributed by atoms with Gasteiger partial charge in [0.1, 0.15) is 5.69 Å². The molecule has 1 aromatic heterocycles. The zero-order chi connectivity index (χ0) is 14.5. The molecule has 4 nitrogen and oxygen atoms in total. The lowest BCUT2D eigenvalue weighted by Gasteiger charge is -2.12. The van der Waals surface area contributed by atoms with Gasteiger partial charge in [-0.25, -0.2) is 0 Å². The van der Waals surface area contributed by atoms with Gasteiger partial charge >= 0.3 is 0 Å². The first-order valence-corrected chi connectivity index (χ1v) is 7.98. The van der Waals surface area contributed by atoms with E-state index in [1.165, 1.54) is 12.8 Å². The number of rotatable bonds is 5. The number of nitrogens with zero attached hydrogens (tertiary/aromatic N) is 3. The van der Waals surface area contributed by atoms with E-state index in [1.54, 1.807) is 6.20 Å². The summed E-state index contributed by atoms with van der Waals surface area (Å²) < 4.78 is 2.62. The van der Waals surface area contributed by atoms with Crippen LogP contribution in [0.5, 0.6) is 0 Å². The van der Waals surface area contributed by atoms with Crippen LogP contribution in [-0.2, 0) is 6.54 Å². The molecule has 0 radical (unpaired) electrons. The van der Waals surface area contributed by atoms with Gasteiger partial charge in [-0.1, -0.05) is 12.5 Å². The van der Waals surface area contributed by atoms with E-state index in [-0.39, 0.29) is 5.78 Å². The number of Topliss-reactive ketones (excluding diaryl/α,β-unsaturated/α-hetero) is 1. The van der Waals surface area contributed by atoms with E-state index in [0.717, 1.165) is 42.4 Å². The highest BCUT2D eigenvalue weighted by molar-refractivity contribution is 9.10. The molecule has 0 fully saturated rings. The lowest BCUT2D eigenvalue weighted by molar-refractivity contribution is 0.101. The number of halogens is 1. The second-order valence-electron chi connectivity index (χ2n) is 5.53. The molecule has 20 heavy (non-hydrogen) atoms. The van der Waals surface area contributed by atoms with Crippen LogP contribution < -0.4 is 0 Å². The van der Waals surface area contributed by atoms with Crippen molar-refractivity contribution in [3.63, 3.8) is 0 Å². The zero-order valence-corrected chi connectivity index (χ0v) is 13.8. The van der Waals surface area contributed by atoms with E-state index in [9.17, 15) is 4.79 Å². The van der Waals surface area contributed by atoms with Crippen molar-refractivity contribution in [2.24, 2.45) is 0 Å². The number of aromatic nitrogens is 2. The Morgan fingerprint density at radius 1 is 1.40 bits per heavy atom. The highest BCUT2D eigenvalue weighted by Gasteiger charge is 2.21. The molecule has 0 unspecified atom stereocenters. The molecule has 5 heteroatoms. The molecule has 2 rings (SSSR count). The van der Waals surface area contributed by atoms with Crippen LogP contribution in [0.15, 0.2) is 22.3 Å². The third-order valence-corrected chi connectivity index (χ3v) is 4.18. The van der Waals surface area contributed by atoms with Crippen LogP contribution in [0.4, 0.5) is 0 Å². The number of carbonyl (C=O) groups is 1. The van der Waals surface area contributed by atoms with Crippen LogP contribution in [0, 0.1) is 0 Å². The number of allylic oxidation sites excluding steroid dienone is 2.